The van der Waals surface area contributed by atoms with Gasteiger partial charge in [0.05, 0.1) is 5.69 Å². The van der Waals surface area contributed by atoms with Crippen molar-refractivity contribution in [2.45, 2.75) is 17.6 Å². The van der Waals surface area contributed by atoms with Gasteiger partial charge in [-0.05, 0) is 43.3 Å². The Bertz CT molecular complexity index is 939. The van der Waals surface area contributed by atoms with Crippen molar-refractivity contribution in [2.75, 3.05) is 6.79 Å². The second-order valence-corrected chi connectivity index (χ2v) is 7.67. The fourth-order valence-electron chi connectivity index (χ4n) is 2.46. The average molecular weight is 373 g/mol. The van der Waals surface area contributed by atoms with E-state index in [0.717, 1.165) is 38.4 Å². The van der Waals surface area contributed by atoms with Crippen LogP contribution in [-0.4, -0.2) is 22.0 Å². The third-order valence-electron chi connectivity index (χ3n) is 3.83. The van der Waals surface area contributed by atoms with Gasteiger partial charge in [0.15, 0.2) is 23.0 Å². The number of aromatic nitrogens is 1. The van der Waals surface area contributed by atoms with Gasteiger partial charge in [0.25, 0.3) is 0 Å². The lowest BCUT2D eigenvalue weighted by molar-refractivity contribution is 0.174. The molecule has 25 heavy (non-hydrogen) atoms. The molecule has 5 nitrogen and oxygen atoms in total. The van der Waals surface area contributed by atoms with Crippen molar-refractivity contribution < 1.29 is 19.7 Å². The van der Waals surface area contributed by atoms with Crippen molar-refractivity contribution >= 4 is 23.1 Å². The molecule has 1 aliphatic rings. The van der Waals surface area contributed by atoms with Gasteiger partial charge in [0, 0.05) is 21.1 Å². The van der Waals surface area contributed by atoms with Gasteiger partial charge in [-0.25, -0.2) is 4.98 Å². The number of fused-ring (bicyclic) bond motifs is 1. The van der Waals surface area contributed by atoms with E-state index in [-0.39, 0.29) is 18.3 Å². The number of ether oxygens (including phenoxy) is 2. The van der Waals surface area contributed by atoms with Gasteiger partial charge in [-0.2, -0.15) is 0 Å². The Morgan fingerprint density at radius 3 is 2.76 bits per heavy atom. The van der Waals surface area contributed by atoms with E-state index in [1.807, 2.05) is 25.1 Å². The molecule has 7 heteroatoms. The highest BCUT2D eigenvalue weighted by Gasteiger charge is 2.16. The van der Waals surface area contributed by atoms with Crippen LogP contribution in [0.3, 0.4) is 0 Å². The van der Waals surface area contributed by atoms with Crippen molar-refractivity contribution in [1.29, 1.82) is 0 Å². The van der Waals surface area contributed by atoms with Crippen molar-refractivity contribution in [3.63, 3.8) is 0 Å². The summed E-state index contributed by atoms with van der Waals surface area (Å²) in [5.41, 5.74) is 2.00. The molecule has 0 atom stereocenters. The van der Waals surface area contributed by atoms with Crippen LogP contribution in [0.1, 0.15) is 10.6 Å². The zero-order chi connectivity index (χ0) is 17.4. The number of phenols is 2. The second kappa shape index (κ2) is 6.50. The Balaban J connectivity index is 1.53. The van der Waals surface area contributed by atoms with E-state index in [0.29, 0.717) is 0 Å². The van der Waals surface area contributed by atoms with Crippen molar-refractivity contribution in [3.05, 3.63) is 47.0 Å². The monoisotopic (exact) mass is 373 g/mol. The lowest BCUT2D eigenvalue weighted by atomic mass is 10.2. The van der Waals surface area contributed by atoms with E-state index in [9.17, 15) is 10.2 Å². The molecule has 3 aromatic rings. The first-order valence-corrected chi connectivity index (χ1v) is 9.41. The molecule has 0 unspecified atom stereocenters. The maximum absolute atomic E-state index is 9.59. The van der Waals surface area contributed by atoms with Gasteiger partial charge in [-0.1, -0.05) is 0 Å². The van der Waals surface area contributed by atoms with Gasteiger partial charge in [0.2, 0.25) is 6.79 Å². The number of hydrogen-bond acceptors (Lipinski definition) is 7. The smallest absolute Gasteiger partial charge is 0.231 e. The molecule has 4 rings (SSSR count). The largest absolute Gasteiger partial charge is 0.504 e. The SMILES string of the molecule is Cc1nc(-c2ccc3c(c2)OCO3)sc1CSc1ccc(O)c(O)c1. The quantitative estimate of drug-likeness (QED) is 0.516. The van der Waals surface area contributed by atoms with Crippen molar-refractivity contribution in [2.24, 2.45) is 0 Å². The second-order valence-electron chi connectivity index (χ2n) is 5.53. The molecule has 0 aliphatic carbocycles. The molecule has 0 saturated heterocycles. The molecule has 0 amide bonds. The fourth-order valence-corrected chi connectivity index (χ4v) is 4.59. The number of benzene rings is 2. The molecule has 0 radical (unpaired) electrons. The summed E-state index contributed by atoms with van der Waals surface area (Å²) in [6.07, 6.45) is 0. The number of phenolic OH excluding ortho intramolecular Hbond substituents is 2. The van der Waals surface area contributed by atoms with E-state index in [4.69, 9.17) is 9.47 Å². The number of nitrogens with zero attached hydrogens (tertiary/aromatic N) is 1. The highest BCUT2D eigenvalue weighted by Crippen LogP contribution is 2.39. The predicted octanol–water partition coefficient (Wildman–Crippen LogP) is 4.55. The Morgan fingerprint density at radius 2 is 1.92 bits per heavy atom. The Labute approximate surface area is 152 Å². The molecule has 128 valence electrons. The van der Waals surface area contributed by atoms with Crippen LogP contribution in [0.5, 0.6) is 23.0 Å². The van der Waals surface area contributed by atoms with Crippen molar-refractivity contribution in [3.8, 4) is 33.6 Å². The van der Waals surface area contributed by atoms with E-state index < -0.39 is 0 Å². The van der Waals surface area contributed by atoms with Gasteiger partial charge in [-0.3, -0.25) is 0 Å². The van der Waals surface area contributed by atoms with Crippen LogP contribution < -0.4 is 9.47 Å². The molecule has 0 spiro atoms. The van der Waals surface area contributed by atoms with Gasteiger partial charge < -0.3 is 19.7 Å². The third-order valence-corrected chi connectivity index (χ3v) is 6.24. The first kappa shape index (κ1) is 16.1. The van der Waals surface area contributed by atoms with Crippen LogP contribution in [0.2, 0.25) is 0 Å². The summed E-state index contributed by atoms with van der Waals surface area (Å²) in [5.74, 6) is 2.05. The van der Waals surface area contributed by atoms with Gasteiger partial charge >= 0.3 is 0 Å². The maximum atomic E-state index is 9.59. The standard InChI is InChI=1S/C18H15NO4S2/c1-10-17(8-24-12-3-4-13(20)14(21)7-12)25-18(19-10)11-2-5-15-16(6-11)23-9-22-15/h2-7,20-21H,8-9H2,1H3. The van der Waals surface area contributed by atoms with Crippen LogP contribution in [0, 0.1) is 6.92 Å². The first-order chi connectivity index (χ1) is 12.1. The summed E-state index contributed by atoms with van der Waals surface area (Å²) >= 11 is 3.24. The topological polar surface area (TPSA) is 71.8 Å². The summed E-state index contributed by atoms with van der Waals surface area (Å²) in [5, 5.41) is 19.9. The van der Waals surface area contributed by atoms with Crippen LogP contribution in [0.15, 0.2) is 41.3 Å². The van der Waals surface area contributed by atoms with Crippen molar-refractivity contribution in [1.82, 2.24) is 4.98 Å². The number of aryl methyl sites for hydroxylation is 1. The minimum absolute atomic E-state index is 0.105. The summed E-state index contributed by atoms with van der Waals surface area (Å²) in [7, 11) is 0. The molecular formula is C18H15NO4S2. The first-order valence-electron chi connectivity index (χ1n) is 7.61. The molecule has 1 aromatic heterocycles. The number of hydrogen-bond donors (Lipinski definition) is 2. The minimum Gasteiger partial charge on any atom is -0.504 e. The third kappa shape index (κ3) is 3.25. The van der Waals surface area contributed by atoms with E-state index in [2.05, 4.69) is 4.98 Å². The summed E-state index contributed by atoms with van der Waals surface area (Å²) in [4.78, 5) is 6.74. The van der Waals surface area contributed by atoms with Gasteiger partial charge in [-0.15, -0.1) is 23.1 Å². The highest BCUT2D eigenvalue weighted by molar-refractivity contribution is 7.98. The fraction of sp³-hybridized carbons (Fsp3) is 0.167. The summed E-state index contributed by atoms with van der Waals surface area (Å²) < 4.78 is 10.8. The molecular weight excluding hydrogens is 358 g/mol. The van der Waals surface area contributed by atoms with Crippen LogP contribution in [-0.2, 0) is 5.75 Å². The van der Waals surface area contributed by atoms with Crippen LogP contribution in [0.25, 0.3) is 10.6 Å². The maximum Gasteiger partial charge on any atom is 0.231 e. The average Bonchev–Trinajstić information content (AvgIpc) is 3.21. The molecule has 0 bridgehead atoms. The number of thioether (sulfide) groups is 1. The highest BCUT2D eigenvalue weighted by atomic mass is 32.2. The Hall–Kier alpha value is -2.38. The predicted molar refractivity (Wildman–Crippen MR) is 97.7 cm³/mol. The van der Waals surface area contributed by atoms with E-state index in [1.54, 1.807) is 35.2 Å². The molecule has 0 fully saturated rings. The number of thiazole rings is 1. The lowest BCUT2D eigenvalue weighted by Crippen LogP contribution is -1.92. The zero-order valence-electron chi connectivity index (χ0n) is 13.4. The Kier molecular flexibility index (Phi) is 4.19. The van der Waals surface area contributed by atoms with Gasteiger partial charge in [0.1, 0.15) is 5.01 Å². The van der Waals surface area contributed by atoms with E-state index >= 15 is 0 Å². The van der Waals surface area contributed by atoms with E-state index in [1.165, 1.54) is 10.9 Å². The van der Waals surface area contributed by atoms with Crippen LogP contribution >= 0.6 is 23.1 Å². The Morgan fingerprint density at radius 1 is 1.08 bits per heavy atom. The minimum atomic E-state index is -0.108. The molecule has 2 N–H and O–H groups in total. The summed E-state index contributed by atoms with van der Waals surface area (Å²) in [6, 6.07) is 10.7. The number of aromatic hydroxyl groups is 2. The molecule has 2 aromatic carbocycles. The normalized spacial score (nSPS) is 12.5. The summed E-state index contributed by atoms with van der Waals surface area (Å²) in [6.45, 7) is 2.26. The molecule has 1 aliphatic heterocycles. The molecule has 0 saturated carbocycles. The number of rotatable bonds is 4. The molecule has 2 heterocycles. The zero-order valence-corrected chi connectivity index (χ0v) is 15.0. The lowest BCUT2D eigenvalue weighted by Gasteiger charge is -2.02. The van der Waals surface area contributed by atoms with Crippen LogP contribution in [0.4, 0.5) is 0 Å².